The first-order chi connectivity index (χ1) is 13.2. The molecule has 1 N–H and O–H groups in total. The van der Waals surface area contributed by atoms with Gasteiger partial charge in [-0.05, 0) is 54.6 Å². The van der Waals surface area contributed by atoms with Crippen molar-refractivity contribution in [1.82, 2.24) is 0 Å². The third kappa shape index (κ3) is 4.99. The smallest absolute Gasteiger partial charge is 0.449 e. The number of ether oxygens (including phenoxy) is 1. The largest absolute Gasteiger partial charge is 0.451 e. The first-order valence-electron chi connectivity index (χ1n) is 7.87. The predicted molar refractivity (Wildman–Crippen MR) is 99.4 cm³/mol. The topological polar surface area (TPSA) is 51.5 Å². The van der Waals surface area contributed by atoms with E-state index in [1.165, 1.54) is 42.5 Å². The molecule has 4 nitrogen and oxygen atoms in total. The van der Waals surface area contributed by atoms with E-state index in [1.807, 2.05) is 0 Å². The molecule has 0 spiro atoms. The maximum Gasteiger partial charge on any atom is 0.449 e. The van der Waals surface area contributed by atoms with Crippen molar-refractivity contribution in [2.75, 3.05) is 5.32 Å². The van der Waals surface area contributed by atoms with Crippen LogP contribution < -0.4 is 5.32 Å². The van der Waals surface area contributed by atoms with Crippen LogP contribution in [-0.4, -0.2) is 6.09 Å². The molecule has 2 aromatic carbocycles. The minimum atomic E-state index is -4.74. The summed E-state index contributed by atoms with van der Waals surface area (Å²) in [5, 5.41) is 3.31. The molecule has 1 aromatic heterocycles. The number of halogens is 5. The Morgan fingerprint density at radius 1 is 1.00 bits per heavy atom. The fraction of sp³-hybridized carbons (Fsp3) is 0.105. The first kappa shape index (κ1) is 20.1. The molecule has 0 atom stereocenters. The molecule has 0 fully saturated rings. The van der Waals surface area contributed by atoms with Crippen molar-refractivity contribution in [3.8, 4) is 11.3 Å². The molecule has 0 saturated carbocycles. The van der Waals surface area contributed by atoms with E-state index in [4.69, 9.17) is 32.4 Å². The van der Waals surface area contributed by atoms with E-state index in [-0.39, 0.29) is 11.3 Å². The van der Waals surface area contributed by atoms with Crippen molar-refractivity contribution in [1.29, 1.82) is 0 Å². The number of carbonyl (C=O) groups excluding carboxylic acids is 1. The van der Waals surface area contributed by atoms with E-state index < -0.39 is 24.6 Å². The van der Waals surface area contributed by atoms with Crippen molar-refractivity contribution in [2.24, 2.45) is 0 Å². The lowest BCUT2D eigenvalue weighted by molar-refractivity contribution is -0.153. The lowest BCUT2D eigenvalue weighted by Gasteiger charge is -2.08. The molecule has 146 valence electrons. The highest BCUT2D eigenvalue weighted by Crippen LogP contribution is 2.37. The highest BCUT2D eigenvalue weighted by atomic mass is 35.5. The Balaban J connectivity index is 1.75. The lowest BCUT2D eigenvalue weighted by atomic mass is 10.1. The van der Waals surface area contributed by atoms with Gasteiger partial charge in [-0.2, -0.15) is 13.2 Å². The van der Waals surface area contributed by atoms with Gasteiger partial charge in [0.15, 0.2) is 0 Å². The van der Waals surface area contributed by atoms with Crippen LogP contribution in [0.25, 0.3) is 11.3 Å². The van der Waals surface area contributed by atoms with Crippen LogP contribution in [0.15, 0.2) is 59.0 Å². The van der Waals surface area contributed by atoms with E-state index in [1.54, 1.807) is 12.1 Å². The average molecular weight is 430 g/mol. The number of rotatable bonds is 4. The third-order valence-electron chi connectivity index (χ3n) is 3.64. The van der Waals surface area contributed by atoms with Crippen molar-refractivity contribution in [2.45, 2.75) is 12.8 Å². The average Bonchev–Trinajstić information content (AvgIpc) is 3.07. The van der Waals surface area contributed by atoms with Crippen molar-refractivity contribution in [3.63, 3.8) is 0 Å². The van der Waals surface area contributed by atoms with E-state index in [9.17, 15) is 18.0 Å². The molecule has 0 aliphatic heterocycles. The summed E-state index contributed by atoms with van der Waals surface area (Å²) in [4.78, 5) is 11.9. The second kappa shape index (κ2) is 8.16. The number of anilines is 1. The van der Waals surface area contributed by atoms with Gasteiger partial charge < -0.3 is 9.15 Å². The summed E-state index contributed by atoms with van der Waals surface area (Å²) < 4.78 is 49.7. The Kier molecular flexibility index (Phi) is 5.86. The monoisotopic (exact) mass is 429 g/mol. The summed E-state index contributed by atoms with van der Waals surface area (Å²) in [5.41, 5.74) is 0.495. The van der Waals surface area contributed by atoms with E-state index >= 15 is 0 Å². The number of benzene rings is 2. The summed E-state index contributed by atoms with van der Waals surface area (Å²) in [5.74, 6) is -1.24. The Morgan fingerprint density at radius 2 is 1.57 bits per heavy atom. The fourth-order valence-electron chi connectivity index (χ4n) is 2.36. The van der Waals surface area contributed by atoms with Crippen LogP contribution in [0, 0.1) is 0 Å². The molecule has 0 radical (unpaired) electrons. The zero-order valence-electron chi connectivity index (χ0n) is 14.0. The van der Waals surface area contributed by atoms with E-state index in [0.29, 0.717) is 21.3 Å². The standard InChI is InChI=1S/C19H12Cl2F3NO3/c20-13-3-1-11(2-4-13)16-9-12(17(28-16)19(22,23)24)10-27-18(26)25-15-7-5-14(21)6-8-15/h1-9H,10H2,(H,25,26). The molecule has 3 aromatic rings. The number of alkyl halides is 3. The van der Waals surface area contributed by atoms with Crippen LogP contribution in [0.4, 0.5) is 23.7 Å². The number of carbonyl (C=O) groups is 1. The minimum absolute atomic E-state index is 0.0132. The summed E-state index contributed by atoms with van der Waals surface area (Å²) in [6, 6.07) is 13.5. The minimum Gasteiger partial charge on any atom is -0.451 e. The quantitative estimate of drug-likeness (QED) is 0.484. The van der Waals surface area contributed by atoms with Crippen molar-refractivity contribution >= 4 is 35.0 Å². The molecule has 1 heterocycles. The second-order valence-corrected chi connectivity index (χ2v) is 6.55. The molecule has 0 bridgehead atoms. The van der Waals surface area contributed by atoms with Crippen LogP contribution in [0.2, 0.25) is 10.0 Å². The molecule has 0 aliphatic rings. The van der Waals surface area contributed by atoms with Gasteiger partial charge in [0.2, 0.25) is 5.76 Å². The second-order valence-electron chi connectivity index (χ2n) is 5.68. The zero-order chi connectivity index (χ0) is 20.3. The molecule has 0 unspecified atom stereocenters. The van der Waals surface area contributed by atoms with Crippen LogP contribution in [0.1, 0.15) is 11.3 Å². The van der Waals surface area contributed by atoms with Crippen LogP contribution >= 0.6 is 23.2 Å². The highest BCUT2D eigenvalue weighted by Gasteiger charge is 2.38. The molecular weight excluding hydrogens is 418 g/mol. The maximum atomic E-state index is 13.3. The van der Waals surface area contributed by atoms with Gasteiger partial charge in [-0.1, -0.05) is 23.2 Å². The molecule has 3 rings (SSSR count). The predicted octanol–water partition coefficient (Wildman–Crippen LogP) is 7.02. The number of amides is 1. The van der Waals surface area contributed by atoms with Gasteiger partial charge in [-0.15, -0.1) is 0 Å². The summed E-state index contributed by atoms with van der Waals surface area (Å²) >= 11 is 11.5. The summed E-state index contributed by atoms with van der Waals surface area (Å²) in [6.45, 7) is -0.620. The van der Waals surface area contributed by atoms with Crippen LogP contribution in [0.5, 0.6) is 0 Å². The van der Waals surface area contributed by atoms with Crippen molar-refractivity contribution < 1.29 is 27.1 Å². The first-order valence-corrected chi connectivity index (χ1v) is 8.63. The Hall–Kier alpha value is -2.64. The Bertz CT molecular complexity index is 968. The van der Waals surface area contributed by atoms with Gasteiger partial charge in [0.25, 0.3) is 0 Å². The molecule has 1 amide bonds. The Morgan fingerprint density at radius 3 is 2.14 bits per heavy atom. The van der Waals surface area contributed by atoms with E-state index in [2.05, 4.69) is 5.32 Å². The number of furan rings is 1. The molecule has 0 aliphatic carbocycles. The molecule has 9 heteroatoms. The number of hydrogen-bond acceptors (Lipinski definition) is 3. The van der Waals surface area contributed by atoms with Crippen molar-refractivity contribution in [3.05, 3.63) is 76.0 Å². The number of nitrogens with one attached hydrogen (secondary N) is 1. The summed E-state index contributed by atoms with van der Waals surface area (Å²) in [7, 11) is 0. The highest BCUT2D eigenvalue weighted by molar-refractivity contribution is 6.30. The number of hydrogen-bond donors (Lipinski definition) is 1. The SMILES string of the molecule is O=C(Nc1ccc(Cl)cc1)OCc1cc(-c2ccc(Cl)cc2)oc1C(F)(F)F. The molecular formula is C19H12Cl2F3NO3. The maximum absolute atomic E-state index is 13.3. The normalized spacial score (nSPS) is 11.3. The molecule has 28 heavy (non-hydrogen) atoms. The van der Waals surface area contributed by atoms with Gasteiger partial charge in [-0.3, -0.25) is 5.32 Å². The van der Waals surface area contributed by atoms with Crippen LogP contribution in [0.3, 0.4) is 0 Å². The molecule has 0 saturated heterocycles. The van der Waals surface area contributed by atoms with E-state index in [0.717, 1.165) is 0 Å². The fourth-order valence-corrected chi connectivity index (χ4v) is 2.61. The summed E-state index contributed by atoms with van der Waals surface area (Å²) in [6.07, 6.45) is -5.65. The lowest BCUT2D eigenvalue weighted by Crippen LogP contribution is -2.15. The van der Waals surface area contributed by atoms with Gasteiger partial charge in [-0.25, -0.2) is 4.79 Å². The van der Waals surface area contributed by atoms with Gasteiger partial charge >= 0.3 is 12.3 Å². The third-order valence-corrected chi connectivity index (χ3v) is 4.15. The van der Waals surface area contributed by atoms with Gasteiger partial charge in [0.05, 0.1) is 0 Å². The van der Waals surface area contributed by atoms with Crippen LogP contribution in [-0.2, 0) is 17.5 Å². The van der Waals surface area contributed by atoms with Gasteiger partial charge in [0, 0.05) is 26.9 Å². The zero-order valence-corrected chi connectivity index (χ0v) is 15.5. The Labute approximate surface area is 167 Å². The van der Waals surface area contributed by atoms with Gasteiger partial charge in [0.1, 0.15) is 12.4 Å².